The minimum absolute atomic E-state index is 0.227. The Morgan fingerprint density at radius 2 is 2.22 bits per heavy atom. The molecule has 126 valence electrons. The summed E-state index contributed by atoms with van der Waals surface area (Å²) >= 11 is 0. The number of carbonyl (C=O) groups excluding carboxylic acids is 1. The van der Waals surface area contributed by atoms with Crippen LogP contribution in [0.3, 0.4) is 0 Å². The number of aromatic nitrogens is 1. The molecule has 1 aliphatic rings. The third kappa shape index (κ3) is 6.36. The van der Waals surface area contributed by atoms with Crippen LogP contribution in [0.5, 0.6) is 0 Å². The summed E-state index contributed by atoms with van der Waals surface area (Å²) < 4.78 is 5.35. The molecule has 23 heavy (non-hydrogen) atoms. The molecule has 0 radical (unpaired) electrons. The molecule has 1 aromatic heterocycles. The van der Waals surface area contributed by atoms with Crippen molar-refractivity contribution in [2.75, 3.05) is 19.6 Å². The summed E-state index contributed by atoms with van der Waals surface area (Å²) in [6.07, 6.45) is 9.11. The van der Waals surface area contributed by atoms with Gasteiger partial charge >= 0.3 is 0 Å². The summed E-state index contributed by atoms with van der Waals surface area (Å²) in [5.74, 6) is 1.06. The normalized spacial score (nSPS) is 14.1. The third-order valence-corrected chi connectivity index (χ3v) is 3.56. The van der Waals surface area contributed by atoms with Crippen molar-refractivity contribution in [2.24, 2.45) is 10.9 Å². The fourth-order valence-electron chi connectivity index (χ4n) is 2.18. The molecule has 0 aliphatic carbocycles. The lowest BCUT2D eigenvalue weighted by molar-refractivity contribution is 0.0952. The monoisotopic (exact) mass is 318 g/mol. The number of nitrogens with one attached hydrogen (secondary N) is 2. The Labute approximate surface area is 137 Å². The van der Waals surface area contributed by atoms with Crippen molar-refractivity contribution in [3.8, 4) is 0 Å². The van der Waals surface area contributed by atoms with E-state index in [4.69, 9.17) is 4.42 Å². The molecule has 0 unspecified atom stereocenters. The SMILES string of the molecule is CC(C)CCNCCc1nc(C(=O)NCC2=CCCC=N2)co1. The smallest absolute Gasteiger partial charge is 0.273 e. The highest BCUT2D eigenvalue weighted by atomic mass is 16.3. The summed E-state index contributed by atoms with van der Waals surface area (Å²) in [6.45, 7) is 6.62. The molecule has 0 fully saturated rings. The zero-order valence-corrected chi connectivity index (χ0v) is 14.0. The summed E-state index contributed by atoms with van der Waals surface area (Å²) in [5, 5.41) is 6.16. The molecule has 0 spiro atoms. The number of carbonyl (C=O) groups is 1. The number of aliphatic imine (C=N–C) groups is 1. The first-order valence-electron chi connectivity index (χ1n) is 8.30. The van der Waals surface area contributed by atoms with E-state index in [1.54, 1.807) is 0 Å². The summed E-state index contributed by atoms with van der Waals surface area (Å²) in [5.41, 5.74) is 1.21. The van der Waals surface area contributed by atoms with Crippen LogP contribution in [0.15, 0.2) is 27.4 Å². The van der Waals surface area contributed by atoms with E-state index in [1.807, 2.05) is 12.3 Å². The first-order chi connectivity index (χ1) is 11.1. The van der Waals surface area contributed by atoms with Crippen LogP contribution in [0.25, 0.3) is 0 Å². The molecule has 0 saturated heterocycles. The van der Waals surface area contributed by atoms with E-state index in [-0.39, 0.29) is 5.91 Å². The highest BCUT2D eigenvalue weighted by molar-refractivity contribution is 5.92. The molecule has 6 nitrogen and oxygen atoms in total. The van der Waals surface area contributed by atoms with Gasteiger partial charge < -0.3 is 15.1 Å². The van der Waals surface area contributed by atoms with Gasteiger partial charge in [-0.25, -0.2) is 4.98 Å². The lowest BCUT2D eigenvalue weighted by atomic mass is 10.1. The van der Waals surface area contributed by atoms with Crippen molar-refractivity contribution in [1.82, 2.24) is 15.6 Å². The van der Waals surface area contributed by atoms with Crippen LogP contribution in [0.4, 0.5) is 0 Å². The van der Waals surface area contributed by atoms with Gasteiger partial charge in [-0.3, -0.25) is 9.79 Å². The summed E-state index contributed by atoms with van der Waals surface area (Å²) in [6, 6.07) is 0. The molecule has 2 heterocycles. The maximum atomic E-state index is 12.0. The van der Waals surface area contributed by atoms with Crippen LogP contribution >= 0.6 is 0 Å². The second-order valence-electron chi connectivity index (χ2n) is 6.08. The fraction of sp³-hybridized carbons (Fsp3) is 0.588. The highest BCUT2D eigenvalue weighted by Crippen LogP contribution is 2.06. The van der Waals surface area contributed by atoms with Gasteiger partial charge in [0.15, 0.2) is 11.6 Å². The Hall–Kier alpha value is -1.95. The predicted octanol–water partition coefficient (Wildman–Crippen LogP) is 2.33. The van der Waals surface area contributed by atoms with Crippen LogP contribution in [0.2, 0.25) is 0 Å². The van der Waals surface area contributed by atoms with E-state index >= 15 is 0 Å². The highest BCUT2D eigenvalue weighted by Gasteiger charge is 2.12. The van der Waals surface area contributed by atoms with Crippen molar-refractivity contribution in [3.05, 3.63) is 29.6 Å². The zero-order valence-electron chi connectivity index (χ0n) is 14.0. The first kappa shape index (κ1) is 17.4. The molecule has 0 atom stereocenters. The molecule has 0 saturated carbocycles. The molecule has 2 rings (SSSR count). The zero-order chi connectivity index (χ0) is 16.5. The quantitative estimate of drug-likeness (QED) is 0.685. The molecule has 0 bridgehead atoms. The van der Waals surface area contributed by atoms with Gasteiger partial charge in [-0.15, -0.1) is 0 Å². The maximum Gasteiger partial charge on any atom is 0.273 e. The van der Waals surface area contributed by atoms with E-state index in [1.165, 1.54) is 6.26 Å². The topological polar surface area (TPSA) is 79.5 Å². The average molecular weight is 318 g/mol. The number of oxazole rings is 1. The van der Waals surface area contributed by atoms with E-state index in [2.05, 4.69) is 34.5 Å². The van der Waals surface area contributed by atoms with Gasteiger partial charge in [-0.1, -0.05) is 19.9 Å². The average Bonchev–Trinajstić information content (AvgIpc) is 3.02. The second-order valence-corrected chi connectivity index (χ2v) is 6.08. The standard InChI is InChI=1S/C17H26N4O2/c1-13(2)6-9-18-10-7-16-21-15(12-23-16)17(22)20-11-14-5-3-4-8-19-14/h5,8,12-13,18H,3-4,6-7,9-11H2,1-2H3,(H,20,22). The molecular weight excluding hydrogens is 292 g/mol. The Kier molecular flexibility index (Phi) is 7.00. The van der Waals surface area contributed by atoms with Gasteiger partial charge in [-0.05, 0) is 31.7 Å². The van der Waals surface area contributed by atoms with Gasteiger partial charge in [0.25, 0.3) is 5.91 Å². The Balaban J connectivity index is 1.69. The van der Waals surface area contributed by atoms with Gasteiger partial charge in [0.1, 0.15) is 6.26 Å². The van der Waals surface area contributed by atoms with Crippen molar-refractivity contribution < 1.29 is 9.21 Å². The second kappa shape index (κ2) is 9.25. The van der Waals surface area contributed by atoms with Crippen molar-refractivity contribution in [2.45, 2.75) is 39.5 Å². The van der Waals surface area contributed by atoms with Crippen LogP contribution in [0.1, 0.15) is 49.5 Å². The molecule has 6 heteroatoms. The maximum absolute atomic E-state index is 12.0. The number of rotatable bonds is 9. The van der Waals surface area contributed by atoms with E-state index in [9.17, 15) is 4.79 Å². The van der Waals surface area contributed by atoms with Crippen molar-refractivity contribution >= 4 is 12.1 Å². The minimum Gasteiger partial charge on any atom is -0.448 e. The van der Waals surface area contributed by atoms with Crippen molar-refractivity contribution in [1.29, 1.82) is 0 Å². The third-order valence-electron chi connectivity index (χ3n) is 3.56. The predicted molar refractivity (Wildman–Crippen MR) is 90.7 cm³/mol. The van der Waals surface area contributed by atoms with Gasteiger partial charge in [-0.2, -0.15) is 0 Å². The Bertz CT molecular complexity index is 561. The van der Waals surface area contributed by atoms with E-state index in [0.717, 1.165) is 38.0 Å². The lowest BCUT2D eigenvalue weighted by Crippen LogP contribution is -2.26. The summed E-state index contributed by atoms with van der Waals surface area (Å²) in [4.78, 5) is 20.5. The molecule has 0 aromatic carbocycles. The minimum atomic E-state index is -0.227. The van der Waals surface area contributed by atoms with Crippen LogP contribution in [-0.4, -0.2) is 36.7 Å². The largest absolute Gasteiger partial charge is 0.448 e. The van der Waals surface area contributed by atoms with Gasteiger partial charge in [0, 0.05) is 19.2 Å². The Morgan fingerprint density at radius 1 is 1.35 bits per heavy atom. The van der Waals surface area contributed by atoms with Crippen molar-refractivity contribution in [3.63, 3.8) is 0 Å². The van der Waals surface area contributed by atoms with Crippen LogP contribution < -0.4 is 10.6 Å². The molecule has 2 N–H and O–H groups in total. The number of hydrogen-bond donors (Lipinski definition) is 2. The van der Waals surface area contributed by atoms with Crippen LogP contribution in [-0.2, 0) is 6.42 Å². The summed E-state index contributed by atoms with van der Waals surface area (Å²) in [7, 11) is 0. The number of allylic oxidation sites excluding steroid dienone is 1. The fourth-order valence-corrected chi connectivity index (χ4v) is 2.18. The van der Waals surface area contributed by atoms with Gasteiger partial charge in [0.2, 0.25) is 0 Å². The van der Waals surface area contributed by atoms with Gasteiger partial charge in [0.05, 0.1) is 12.2 Å². The number of nitrogens with zero attached hydrogens (tertiary/aromatic N) is 2. The van der Waals surface area contributed by atoms with Crippen LogP contribution in [0, 0.1) is 5.92 Å². The van der Waals surface area contributed by atoms with E-state index < -0.39 is 0 Å². The first-order valence-corrected chi connectivity index (χ1v) is 8.30. The van der Waals surface area contributed by atoms with E-state index in [0.29, 0.717) is 30.5 Å². The lowest BCUT2D eigenvalue weighted by Gasteiger charge is -2.06. The molecule has 1 aliphatic heterocycles. The number of hydrogen-bond acceptors (Lipinski definition) is 5. The molecule has 1 amide bonds. The Morgan fingerprint density at radius 3 is 2.96 bits per heavy atom. The molecule has 1 aromatic rings. The number of amides is 1. The molecular formula is C17H26N4O2.